The summed E-state index contributed by atoms with van der Waals surface area (Å²) in [5, 5.41) is 0.360. The van der Waals surface area contributed by atoms with E-state index in [9.17, 15) is 12.8 Å². The average Bonchev–Trinajstić information content (AvgIpc) is 2.71. The molecule has 152 valence electrons. The van der Waals surface area contributed by atoms with Crippen molar-refractivity contribution >= 4 is 27.3 Å². The van der Waals surface area contributed by atoms with Gasteiger partial charge < -0.3 is 4.74 Å². The van der Waals surface area contributed by atoms with Gasteiger partial charge in [0.15, 0.2) is 0 Å². The number of ether oxygens (including phenoxy) is 1. The largest absolute Gasteiger partial charge is 0.497 e. The Morgan fingerprint density at radius 3 is 2.34 bits per heavy atom. The molecule has 0 spiro atoms. The lowest BCUT2D eigenvalue weighted by Gasteiger charge is -2.31. The van der Waals surface area contributed by atoms with E-state index in [4.69, 9.17) is 16.3 Å². The molecule has 4 nitrogen and oxygen atoms in total. The van der Waals surface area contributed by atoms with Gasteiger partial charge in [-0.05, 0) is 73.5 Å². The van der Waals surface area contributed by atoms with Gasteiger partial charge in [-0.3, -0.25) is 4.31 Å². The quantitative estimate of drug-likeness (QED) is 0.497. The normalized spacial score (nSPS) is 12.4. The molecule has 3 rings (SSSR count). The van der Waals surface area contributed by atoms with Gasteiger partial charge in [-0.2, -0.15) is 0 Å². The maximum Gasteiger partial charge on any atom is 0.264 e. The highest BCUT2D eigenvalue weighted by Gasteiger charge is 2.31. The summed E-state index contributed by atoms with van der Waals surface area (Å²) in [6, 6.07) is 16.6. The Hall–Kier alpha value is -2.57. The van der Waals surface area contributed by atoms with E-state index in [1.54, 1.807) is 45.2 Å². The second kappa shape index (κ2) is 8.43. The van der Waals surface area contributed by atoms with Gasteiger partial charge in [-0.1, -0.05) is 29.8 Å². The second-order valence-corrected chi connectivity index (χ2v) is 8.86. The Morgan fingerprint density at radius 1 is 1.03 bits per heavy atom. The van der Waals surface area contributed by atoms with Crippen molar-refractivity contribution < 1.29 is 17.5 Å². The molecule has 0 N–H and O–H groups in total. The minimum absolute atomic E-state index is 0.0622. The van der Waals surface area contributed by atoms with Crippen LogP contribution in [0.3, 0.4) is 0 Å². The van der Waals surface area contributed by atoms with Crippen molar-refractivity contribution in [3.8, 4) is 5.75 Å². The summed E-state index contributed by atoms with van der Waals surface area (Å²) in [5.74, 6) is 0.169. The first kappa shape index (κ1) is 21.1. The molecular formula is C22H21ClFNO3S. The first-order valence-electron chi connectivity index (χ1n) is 8.94. The summed E-state index contributed by atoms with van der Waals surface area (Å²) in [4.78, 5) is 0.0622. The van der Waals surface area contributed by atoms with E-state index in [0.717, 1.165) is 11.1 Å². The number of hydrogen-bond acceptors (Lipinski definition) is 3. The standard InChI is InChI=1S/C22H21ClFNO3S/c1-15-7-12-21(14-22(15)23)29(26,27)25(19-10-8-18(24)9-11-19)16(2)17-5-4-6-20(13-17)28-3/h4-14,16H,1-3H3/t16-/m0/s1. The van der Waals surface area contributed by atoms with Crippen molar-refractivity contribution in [2.24, 2.45) is 0 Å². The molecule has 0 aliphatic heterocycles. The lowest BCUT2D eigenvalue weighted by Crippen LogP contribution is -2.33. The van der Waals surface area contributed by atoms with E-state index in [2.05, 4.69) is 0 Å². The highest BCUT2D eigenvalue weighted by molar-refractivity contribution is 7.92. The van der Waals surface area contributed by atoms with Crippen molar-refractivity contribution in [2.45, 2.75) is 24.8 Å². The number of rotatable bonds is 6. The Bertz CT molecular complexity index is 1120. The predicted molar refractivity (Wildman–Crippen MR) is 114 cm³/mol. The molecule has 29 heavy (non-hydrogen) atoms. The van der Waals surface area contributed by atoms with E-state index in [1.807, 2.05) is 6.07 Å². The number of methoxy groups -OCH3 is 1. The number of aryl methyl sites for hydroxylation is 1. The van der Waals surface area contributed by atoms with E-state index < -0.39 is 21.9 Å². The summed E-state index contributed by atoms with van der Waals surface area (Å²) in [7, 11) is -2.44. The molecule has 0 aromatic heterocycles. The van der Waals surface area contributed by atoms with E-state index in [1.165, 1.54) is 40.7 Å². The van der Waals surface area contributed by atoms with Gasteiger partial charge in [0.25, 0.3) is 10.0 Å². The van der Waals surface area contributed by atoms with Crippen LogP contribution in [0.15, 0.2) is 71.6 Å². The van der Waals surface area contributed by atoms with Crippen molar-refractivity contribution in [1.29, 1.82) is 0 Å². The number of anilines is 1. The minimum atomic E-state index is -3.99. The molecule has 0 radical (unpaired) electrons. The van der Waals surface area contributed by atoms with Crippen LogP contribution in [0.25, 0.3) is 0 Å². The van der Waals surface area contributed by atoms with Crippen molar-refractivity contribution in [2.75, 3.05) is 11.4 Å². The minimum Gasteiger partial charge on any atom is -0.497 e. The Labute approximate surface area is 175 Å². The Morgan fingerprint density at radius 2 is 1.72 bits per heavy atom. The third kappa shape index (κ3) is 4.38. The first-order valence-corrected chi connectivity index (χ1v) is 10.8. The molecule has 3 aromatic rings. The Kier molecular flexibility index (Phi) is 6.15. The molecule has 0 fully saturated rings. The topological polar surface area (TPSA) is 46.6 Å². The van der Waals surface area contributed by atoms with Crippen molar-refractivity contribution in [1.82, 2.24) is 0 Å². The average molecular weight is 434 g/mol. The van der Waals surface area contributed by atoms with Crippen molar-refractivity contribution in [3.63, 3.8) is 0 Å². The highest BCUT2D eigenvalue weighted by atomic mass is 35.5. The summed E-state index contributed by atoms with van der Waals surface area (Å²) < 4.78 is 47.2. The molecule has 0 amide bonds. The molecule has 0 aliphatic rings. The van der Waals surface area contributed by atoms with E-state index >= 15 is 0 Å². The van der Waals surface area contributed by atoms with Gasteiger partial charge in [0.05, 0.1) is 23.7 Å². The van der Waals surface area contributed by atoms with Crippen LogP contribution < -0.4 is 9.04 Å². The third-order valence-corrected chi connectivity index (χ3v) is 7.01. The predicted octanol–water partition coefficient (Wildman–Crippen LogP) is 5.75. The molecular weight excluding hydrogens is 413 g/mol. The maximum atomic E-state index is 13.6. The number of hydrogen-bond donors (Lipinski definition) is 0. The van der Waals surface area contributed by atoms with Crippen LogP contribution >= 0.6 is 11.6 Å². The first-order chi connectivity index (χ1) is 13.7. The van der Waals surface area contributed by atoms with Crippen molar-refractivity contribution in [3.05, 3.63) is 88.7 Å². The van der Waals surface area contributed by atoms with Gasteiger partial charge >= 0.3 is 0 Å². The monoisotopic (exact) mass is 433 g/mol. The summed E-state index contributed by atoms with van der Waals surface area (Å²) in [5.41, 5.74) is 1.86. The van der Waals surface area contributed by atoms with E-state index in [-0.39, 0.29) is 4.90 Å². The van der Waals surface area contributed by atoms with Gasteiger partial charge in [-0.25, -0.2) is 12.8 Å². The molecule has 0 aliphatic carbocycles. The molecule has 7 heteroatoms. The number of sulfonamides is 1. The van der Waals surface area contributed by atoms with Crippen LogP contribution in [0, 0.1) is 12.7 Å². The molecule has 0 saturated carbocycles. The number of halogens is 2. The van der Waals surface area contributed by atoms with Gasteiger partial charge in [-0.15, -0.1) is 0 Å². The molecule has 1 atom stereocenters. The van der Waals surface area contributed by atoms with Crippen LogP contribution in [0.4, 0.5) is 10.1 Å². The zero-order valence-corrected chi connectivity index (χ0v) is 17.8. The lowest BCUT2D eigenvalue weighted by molar-refractivity contribution is 0.414. The highest BCUT2D eigenvalue weighted by Crippen LogP contribution is 2.35. The molecule has 0 saturated heterocycles. The molecule has 0 bridgehead atoms. The molecule has 3 aromatic carbocycles. The zero-order valence-electron chi connectivity index (χ0n) is 16.3. The van der Waals surface area contributed by atoms with Gasteiger partial charge in [0.1, 0.15) is 11.6 Å². The lowest BCUT2D eigenvalue weighted by atomic mass is 10.1. The number of nitrogens with zero attached hydrogens (tertiary/aromatic N) is 1. The fourth-order valence-electron chi connectivity index (χ4n) is 3.04. The van der Waals surface area contributed by atoms with Gasteiger partial charge in [0.2, 0.25) is 0 Å². The van der Waals surface area contributed by atoms with E-state index in [0.29, 0.717) is 16.5 Å². The fraction of sp³-hybridized carbons (Fsp3) is 0.182. The Balaban J connectivity index is 2.16. The fourth-order valence-corrected chi connectivity index (χ4v) is 4.96. The second-order valence-electron chi connectivity index (χ2n) is 6.64. The summed E-state index contributed by atoms with van der Waals surface area (Å²) in [6.07, 6.45) is 0. The van der Waals surface area contributed by atoms with Crippen LogP contribution in [0.1, 0.15) is 24.1 Å². The molecule has 0 heterocycles. The van der Waals surface area contributed by atoms with Crippen LogP contribution in [0.2, 0.25) is 5.02 Å². The smallest absolute Gasteiger partial charge is 0.264 e. The van der Waals surface area contributed by atoms with Crippen LogP contribution in [0.5, 0.6) is 5.75 Å². The maximum absolute atomic E-state index is 13.6. The number of benzene rings is 3. The summed E-state index contributed by atoms with van der Waals surface area (Å²) in [6.45, 7) is 3.57. The zero-order chi connectivity index (χ0) is 21.2. The molecule has 0 unspecified atom stereocenters. The SMILES string of the molecule is COc1cccc([C@H](C)N(c2ccc(F)cc2)S(=O)(=O)c2ccc(C)c(Cl)c2)c1. The van der Waals surface area contributed by atoms with Crippen LogP contribution in [-0.2, 0) is 10.0 Å². The third-order valence-electron chi connectivity index (χ3n) is 4.71. The summed E-state index contributed by atoms with van der Waals surface area (Å²) >= 11 is 6.18. The van der Waals surface area contributed by atoms with Crippen LogP contribution in [-0.4, -0.2) is 15.5 Å². The van der Waals surface area contributed by atoms with Gasteiger partial charge in [0, 0.05) is 5.02 Å².